The molecule has 180 valence electrons. The van der Waals surface area contributed by atoms with E-state index in [0.717, 1.165) is 0 Å². The third-order valence-corrected chi connectivity index (χ3v) is 5.31. The molecule has 1 aliphatic rings. The highest BCUT2D eigenvalue weighted by Crippen LogP contribution is 2.28. The lowest BCUT2D eigenvalue weighted by Crippen LogP contribution is -2.46. The van der Waals surface area contributed by atoms with Crippen molar-refractivity contribution in [2.24, 2.45) is 5.41 Å². The van der Waals surface area contributed by atoms with E-state index in [1.807, 2.05) is 20.8 Å². The molecule has 3 rings (SSSR count). The summed E-state index contributed by atoms with van der Waals surface area (Å²) in [5, 5.41) is 4.30. The van der Waals surface area contributed by atoms with E-state index >= 15 is 0 Å². The fourth-order valence-corrected chi connectivity index (χ4v) is 3.52. The molecular formula is C22H32N6O5. The monoisotopic (exact) mass is 460 g/mol. The number of rotatable bonds is 2. The zero-order valence-electron chi connectivity index (χ0n) is 19.9. The second-order valence-electron chi connectivity index (χ2n) is 10.3. The quantitative estimate of drug-likeness (QED) is 0.586. The third-order valence-electron chi connectivity index (χ3n) is 5.31. The number of amides is 3. The van der Waals surface area contributed by atoms with Gasteiger partial charge in [-0.25, -0.2) is 9.31 Å². The number of nitrogens with one attached hydrogen (secondary N) is 3. The van der Waals surface area contributed by atoms with Crippen molar-refractivity contribution >= 4 is 23.6 Å². The summed E-state index contributed by atoms with van der Waals surface area (Å²) in [7, 11) is 0. The molecule has 1 fully saturated rings. The third kappa shape index (κ3) is 5.71. The van der Waals surface area contributed by atoms with Gasteiger partial charge in [0.1, 0.15) is 16.8 Å². The van der Waals surface area contributed by atoms with Gasteiger partial charge in [0.05, 0.1) is 11.9 Å². The molecular weight excluding hydrogens is 428 g/mol. The van der Waals surface area contributed by atoms with E-state index < -0.39 is 16.9 Å². The number of hydrogen-bond acceptors (Lipinski definition) is 6. The summed E-state index contributed by atoms with van der Waals surface area (Å²) in [5.41, 5.74) is 4.19. The van der Waals surface area contributed by atoms with Crippen molar-refractivity contribution in [2.45, 2.75) is 65.9 Å². The maximum atomic E-state index is 12.6. The molecule has 2 aromatic heterocycles. The van der Waals surface area contributed by atoms with E-state index in [-0.39, 0.29) is 34.7 Å². The van der Waals surface area contributed by atoms with E-state index in [1.165, 1.54) is 16.8 Å². The van der Waals surface area contributed by atoms with Crippen LogP contribution in [0.3, 0.4) is 0 Å². The smallest absolute Gasteiger partial charge is 0.410 e. The number of hydrazine groups is 1. The Morgan fingerprint density at radius 1 is 1.09 bits per heavy atom. The van der Waals surface area contributed by atoms with Gasteiger partial charge < -0.3 is 14.6 Å². The average Bonchev–Trinajstić information content (AvgIpc) is 3.13. The van der Waals surface area contributed by atoms with Gasteiger partial charge >= 0.3 is 6.09 Å². The van der Waals surface area contributed by atoms with Crippen molar-refractivity contribution in [3.8, 4) is 0 Å². The summed E-state index contributed by atoms with van der Waals surface area (Å²) < 4.78 is 6.98. The first-order valence-electron chi connectivity index (χ1n) is 11.0. The van der Waals surface area contributed by atoms with Crippen LogP contribution in [0.25, 0.3) is 5.65 Å². The van der Waals surface area contributed by atoms with Gasteiger partial charge in [0.15, 0.2) is 0 Å². The van der Waals surface area contributed by atoms with Crippen LogP contribution in [0.5, 0.6) is 0 Å². The first-order chi connectivity index (χ1) is 15.3. The first kappa shape index (κ1) is 24.3. The Morgan fingerprint density at radius 2 is 1.73 bits per heavy atom. The molecule has 3 heterocycles. The van der Waals surface area contributed by atoms with Crippen LogP contribution < -0.4 is 16.4 Å². The number of likely N-dealkylation sites (tertiary alicyclic amines) is 1. The molecule has 11 heteroatoms. The zero-order valence-corrected chi connectivity index (χ0v) is 19.9. The van der Waals surface area contributed by atoms with Gasteiger partial charge in [-0.2, -0.15) is 5.10 Å². The molecule has 0 aromatic carbocycles. The molecule has 3 amide bonds. The van der Waals surface area contributed by atoms with Crippen LogP contribution in [-0.2, 0) is 9.53 Å². The molecule has 1 aliphatic heterocycles. The Labute approximate surface area is 191 Å². The predicted molar refractivity (Wildman–Crippen MR) is 121 cm³/mol. The number of aromatic nitrogens is 3. The SMILES string of the molecule is CC(C)(C)OC(=O)N1CCC(c2cc(=O)[nH]c3c(C(=O)NNC(=O)C(C)(C)C)cnn23)CC1. The van der Waals surface area contributed by atoms with Gasteiger partial charge in [0.2, 0.25) is 5.91 Å². The Bertz CT molecular complexity index is 1110. The molecule has 0 saturated carbocycles. The van der Waals surface area contributed by atoms with Crippen LogP contribution in [0.15, 0.2) is 17.1 Å². The van der Waals surface area contributed by atoms with Crippen molar-refractivity contribution in [3.05, 3.63) is 33.9 Å². The van der Waals surface area contributed by atoms with Crippen molar-refractivity contribution < 1.29 is 19.1 Å². The molecule has 0 aliphatic carbocycles. The number of nitrogens with zero attached hydrogens (tertiary/aromatic N) is 3. The Hall–Kier alpha value is -3.37. The molecule has 11 nitrogen and oxygen atoms in total. The van der Waals surface area contributed by atoms with Crippen LogP contribution in [0, 0.1) is 5.41 Å². The predicted octanol–water partition coefficient (Wildman–Crippen LogP) is 1.94. The van der Waals surface area contributed by atoms with E-state index in [9.17, 15) is 19.2 Å². The second kappa shape index (κ2) is 8.87. The minimum atomic E-state index is -0.677. The normalized spacial score (nSPS) is 15.4. The number of H-pyrrole nitrogens is 1. The van der Waals surface area contributed by atoms with Crippen LogP contribution in [0.1, 0.15) is 76.4 Å². The molecule has 3 N–H and O–H groups in total. The molecule has 1 saturated heterocycles. The van der Waals surface area contributed by atoms with Gasteiger partial charge in [-0.3, -0.25) is 25.2 Å². The highest BCUT2D eigenvalue weighted by molar-refractivity contribution is 6.00. The molecule has 0 atom stereocenters. The lowest BCUT2D eigenvalue weighted by molar-refractivity contribution is -0.129. The Kier molecular flexibility index (Phi) is 6.53. The Morgan fingerprint density at radius 3 is 2.30 bits per heavy atom. The highest BCUT2D eigenvalue weighted by Gasteiger charge is 2.30. The fraction of sp³-hybridized carbons (Fsp3) is 0.591. The van der Waals surface area contributed by atoms with E-state index in [4.69, 9.17) is 4.74 Å². The lowest BCUT2D eigenvalue weighted by Gasteiger charge is -2.33. The largest absolute Gasteiger partial charge is 0.444 e. The minimum Gasteiger partial charge on any atom is -0.444 e. The van der Waals surface area contributed by atoms with Gasteiger partial charge in [-0.15, -0.1) is 0 Å². The van der Waals surface area contributed by atoms with Crippen molar-refractivity contribution in [2.75, 3.05) is 13.1 Å². The molecule has 0 bridgehead atoms. The van der Waals surface area contributed by atoms with Crippen LogP contribution >= 0.6 is 0 Å². The van der Waals surface area contributed by atoms with Crippen LogP contribution in [0.4, 0.5) is 4.79 Å². The highest BCUT2D eigenvalue weighted by atomic mass is 16.6. The molecule has 0 spiro atoms. The number of aromatic amines is 1. The summed E-state index contributed by atoms with van der Waals surface area (Å²) >= 11 is 0. The second-order valence-corrected chi connectivity index (χ2v) is 10.3. The minimum absolute atomic E-state index is 0.0232. The van der Waals surface area contributed by atoms with Gasteiger partial charge in [0, 0.05) is 30.5 Å². The average molecular weight is 461 g/mol. The van der Waals surface area contributed by atoms with Crippen molar-refractivity contribution in [1.29, 1.82) is 0 Å². The van der Waals surface area contributed by atoms with E-state index in [0.29, 0.717) is 31.6 Å². The van der Waals surface area contributed by atoms with E-state index in [1.54, 1.807) is 25.7 Å². The number of carbonyl (C=O) groups is 3. The summed E-state index contributed by atoms with van der Waals surface area (Å²) in [6.07, 6.45) is 2.25. The Balaban J connectivity index is 1.76. The molecule has 33 heavy (non-hydrogen) atoms. The van der Waals surface area contributed by atoms with Gasteiger partial charge in [0.25, 0.3) is 11.5 Å². The maximum absolute atomic E-state index is 12.6. The van der Waals surface area contributed by atoms with Gasteiger partial charge in [-0.05, 0) is 33.6 Å². The number of piperidine rings is 1. The topological polar surface area (TPSA) is 138 Å². The summed E-state index contributed by atoms with van der Waals surface area (Å²) in [6.45, 7) is 11.6. The summed E-state index contributed by atoms with van der Waals surface area (Å²) in [6, 6.07) is 1.47. The van der Waals surface area contributed by atoms with Crippen molar-refractivity contribution in [1.82, 2.24) is 30.3 Å². The number of fused-ring (bicyclic) bond motifs is 1. The van der Waals surface area contributed by atoms with E-state index in [2.05, 4.69) is 20.9 Å². The number of ether oxygens (including phenoxy) is 1. The fourth-order valence-electron chi connectivity index (χ4n) is 3.52. The summed E-state index contributed by atoms with van der Waals surface area (Å²) in [4.78, 5) is 53.7. The number of hydrogen-bond donors (Lipinski definition) is 3. The van der Waals surface area contributed by atoms with Crippen LogP contribution in [-0.4, -0.2) is 56.1 Å². The zero-order chi connectivity index (χ0) is 24.6. The molecule has 2 aromatic rings. The number of carbonyl (C=O) groups excluding carboxylic acids is 3. The lowest BCUT2D eigenvalue weighted by atomic mass is 9.93. The maximum Gasteiger partial charge on any atom is 0.410 e. The first-order valence-corrected chi connectivity index (χ1v) is 11.0. The summed E-state index contributed by atoms with van der Waals surface area (Å²) in [5.74, 6) is -0.960. The standard InChI is InChI=1S/C22H32N6O5/c1-21(2,3)19(31)26-25-18(30)14-12-23-28-15(11-16(29)24-17(14)28)13-7-9-27(10-8-13)20(32)33-22(4,5)6/h11-13H,7-10H2,1-6H3,(H,24,29)(H,25,30)(H,26,31). The van der Waals surface area contributed by atoms with Crippen molar-refractivity contribution in [3.63, 3.8) is 0 Å². The molecule has 0 unspecified atom stereocenters. The van der Waals surface area contributed by atoms with Crippen LogP contribution in [0.2, 0.25) is 0 Å². The molecule has 0 radical (unpaired) electrons. The van der Waals surface area contributed by atoms with Gasteiger partial charge in [-0.1, -0.05) is 20.8 Å².